The summed E-state index contributed by atoms with van der Waals surface area (Å²) in [6.45, 7) is 4.31. The van der Waals surface area contributed by atoms with Gasteiger partial charge >= 0.3 is 5.97 Å². The molecule has 18 heavy (non-hydrogen) atoms. The molecule has 0 aliphatic rings. The highest BCUT2D eigenvalue weighted by Gasteiger charge is 2.09. The van der Waals surface area contributed by atoms with Gasteiger partial charge < -0.3 is 5.11 Å². The normalized spacial score (nSPS) is 10.8. The lowest BCUT2D eigenvalue weighted by molar-refractivity contribution is 0.0697. The largest absolute Gasteiger partial charge is 0.478 e. The van der Waals surface area contributed by atoms with Crippen molar-refractivity contribution in [1.29, 1.82) is 0 Å². The fourth-order valence-electron chi connectivity index (χ4n) is 1.74. The molecule has 4 heteroatoms. The van der Waals surface area contributed by atoms with Gasteiger partial charge in [0.15, 0.2) is 0 Å². The van der Waals surface area contributed by atoms with Crippen LogP contribution in [0, 0.1) is 5.92 Å². The molecular weight excluding hydrogens is 246 g/mol. The minimum absolute atomic E-state index is 0.299. The molecule has 1 aromatic heterocycles. The first kappa shape index (κ1) is 12.8. The third kappa shape index (κ3) is 2.96. The van der Waals surface area contributed by atoms with Crippen molar-refractivity contribution in [2.24, 2.45) is 5.92 Å². The minimum atomic E-state index is -0.907. The van der Waals surface area contributed by atoms with E-state index in [0.717, 1.165) is 22.7 Å². The van der Waals surface area contributed by atoms with Crippen molar-refractivity contribution in [3.05, 3.63) is 40.9 Å². The van der Waals surface area contributed by atoms with Crippen LogP contribution >= 0.6 is 11.3 Å². The number of nitrogens with zero attached hydrogens (tertiary/aromatic N) is 1. The second kappa shape index (κ2) is 5.31. The Balaban J connectivity index is 2.28. The highest BCUT2D eigenvalue weighted by molar-refractivity contribution is 7.13. The average molecular weight is 261 g/mol. The number of aromatic nitrogens is 1. The lowest BCUT2D eigenvalue weighted by Gasteiger charge is -2.00. The molecule has 0 unspecified atom stereocenters. The van der Waals surface area contributed by atoms with Crippen molar-refractivity contribution < 1.29 is 9.90 Å². The topological polar surface area (TPSA) is 50.2 Å². The standard InChI is InChI=1S/C14H15NO2S/c1-9(2)6-12-8-18-13(15-12)10-4-3-5-11(7-10)14(16)17/h3-5,7-9H,6H2,1-2H3,(H,16,17). The second-order valence-corrected chi connectivity index (χ2v) is 5.49. The van der Waals surface area contributed by atoms with Crippen LogP contribution in [0.2, 0.25) is 0 Å². The molecule has 0 bridgehead atoms. The molecule has 2 aromatic rings. The summed E-state index contributed by atoms with van der Waals surface area (Å²) < 4.78 is 0. The maximum Gasteiger partial charge on any atom is 0.335 e. The van der Waals surface area contributed by atoms with Gasteiger partial charge in [-0.25, -0.2) is 9.78 Å². The van der Waals surface area contributed by atoms with E-state index in [2.05, 4.69) is 18.8 Å². The third-order valence-corrected chi connectivity index (χ3v) is 3.47. The Morgan fingerprint density at radius 2 is 2.22 bits per heavy atom. The summed E-state index contributed by atoms with van der Waals surface area (Å²) >= 11 is 1.56. The summed E-state index contributed by atoms with van der Waals surface area (Å²) in [5.41, 5.74) is 2.24. The first-order valence-corrected chi connectivity index (χ1v) is 6.72. The zero-order chi connectivity index (χ0) is 13.1. The van der Waals surface area contributed by atoms with Crippen LogP contribution in [0.4, 0.5) is 0 Å². The molecular formula is C14H15NO2S. The van der Waals surface area contributed by atoms with Gasteiger partial charge in [0.1, 0.15) is 5.01 Å². The number of aromatic carboxylic acids is 1. The van der Waals surface area contributed by atoms with E-state index in [9.17, 15) is 4.79 Å². The first-order chi connectivity index (χ1) is 8.56. The van der Waals surface area contributed by atoms with E-state index < -0.39 is 5.97 Å². The predicted octanol–water partition coefficient (Wildman–Crippen LogP) is 3.71. The molecule has 0 saturated heterocycles. The quantitative estimate of drug-likeness (QED) is 0.912. The van der Waals surface area contributed by atoms with E-state index in [1.807, 2.05) is 11.4 Å². The van der Waals surface area contributed by atoms with E-state index in [0.29, 0.717) is 11.5 Å². The monoisotopic (exact) mass is 261 g/mol. The van der Waals surface area contributed by atoms with Crippen LogP contribution in [0.3, 0.4) is 0 Å². The smallest absolute Gasteiger partial charge is 0.335 e. The number of benzene rings is 1. The summed E-state index contributed by atoms with van der Waals surface area (Å²) in [5.74, 6) is -0.332. The van der Waals surface area contributed by atoms with Crippen molar-refractivity contribution >= 4 is 17.3 Å². The summed E-state index contributed by atoms with van der Waals surface area (Å²) in [6.07, 6.45) is 0.953. The second-order valence-electron chi connectivity index (χ2n) is 4.63. The van der Waals surface area contributed by atoms with E-state index in [4.69, 9.17) is 5.11 Å². The van der Waals surface area contributed by atoms with Crippen LogP contribution in [0.25, 0.3) is 10.6 Å². The molecule has 0 amide bonds. The zero-order valence-electron chi connectivity index (χ0n) is 10.4. The number of thiazole rings is 1. The Labute approximate surface area is 110 Å². The van der Waals surface area contributed by atoms with Gasteiger partial charge in [0.25, 0.3) is 0 Å². The van der Waals surface area contributed by atoms with Crippen LogP contribution in [0.1, 0.15) is 29.9 Å². The molecule has 0 radical (unpaired) electrons. The van der Waals surface area contributed by atoms with Gasteiger partial charge in [0, 0.05) is 10.9 Å². The Bertz CT molecular complexity index is 560. The maximum atomic E-state index is 10.9. The Hall–Kier alpha value is -1.68. The summed E-state index contributed by atoms with van der Waals surface area (Å²) in [5, 5.41) is 11.9. The molecule has 1 N–H and O–H groups in total. The van der Waals surface area contributed by atoms with Gasteiger partial charge in [-0.05, 0) is 24.5 Å². The van der Waals surface area contributed by atoms with Gasteiger partial charge in [-0.2, -0.15) is 0 Å². The van der Waals surface area contributed by atoms with E-state index in [1.54, 1.807) is 29.5 Å². The molecule has 0 spiro atoms. The summed E-state index contributed by atoms with van der Waals surface area (Å²) in [7, 11) is 0. The van der Waals surface area contributed by atoms with Crippen LogP contribution in [0.15, 0.2) is 29.6 Å². The Morgan fingerprint density at radius 3 is 2.89 bits per heavy atom. The maximum absolute atomic E-state index is 10.9. The molecule has 2 rings (SSSR count). The van der Waals surface area contributed by atoms with Gasteiger partial charge in [-0.15, -0.1) is 11.3 Å². The van der Waals surface area contributed by atoms with E-state index in [1.165, 1.54) is 0 Å². The third-order valence-electron chi connectivity index (χ3n) is 2.53. The SMILES string of the molecule is CC(C)Cc1csc(-c2cccc(C(=O)O)c2)n1. The number of carboxylic acid groups (broad SMARTS) is 1. The minimum Gasteiger partial charge on any atom is -0.478 e. The molecule has 94 valence electrons. The number of carboxylic acids is 1. The highest BCUT2D eigenvalue weighted by atomic mass is 32.1. The molecule has 1 heterocycles. The molecule has 0 fully saturated rings. The molecule has 3 nitrogen and oxygen atoms in total. The molecule has 0 saturated carbocycles. The van der Waals surface area contributed by atoms with Gasteiger partial charge in [0.2, 0.25) is 0 Å². The summed E-state index contributed by atoms with van der Waals surface area (Å²) in [4.78, 5) is 15.5. The zero-order valence-corrected chi connectivity index (χ0v) is 11.2. The van der Waals surface area contributed by atoms with Crippen molar-refractivity contribution in [2.45, 2.75) is 20.3 Å². The van der Waals surface area contributed by atoms with Gasteiger partial charge in [-0.3, -0.25) is 0 Å². The van der Waals surface area contributed by atoms with Crippen LogP contribution < -0.4 is 0 Å². The number of hydrogen-bond acceptors (Lipinski definition) is 3. The van der Waals surface area contributed by atoms with Crippen LogP contribution in [-0.4, -0.2) is 16.1 Å². The molecule has 1 aromatic carbocycles. The van der Waals surface area contributed by atoms with Crippen LogP contribution in [0.5, 0.6) is 0 Å². The molecule has 0 aliphatic carbocycles. The number of hydrogen-bond donors (Lipinski definition) is 1. The van der Waals surface area contributed by atoms with Crippen molar-refractivity contribution in [3.8, 4) is 10.6 Å². The average Bonchev–Trinajstić information content (AvgIpc) is 2.77. The van der Waals surface area contributed by atoms with Crippen molar-refractivity contribution in [2.75, 3.05) is 0 Å². The Kier molecular flexibility index (Phi) is 3.77. The van der Waals surface area contributed by atoms with Crippen molar-refractivity contribution in [1.82, 2.24) is 4.98 Å². The number of carbonyl (C=O) groups is 1. The van der Waals surface area contributed by atoms with E-state index >= 15 is 0 Å². The van der Waals surface area contributed by atoms with E-state index in [-0.39, 0.29) is 0 Å². The lowest BCUT2D eigenvalue weighted by Crippen LogP contribution is -1.96. The predicted molar refractivity (Wildman–Crippen MR) is 73.1 cm³/mol. The fourth-order valence-corrected chi connectivity index (χ4v) is 2.57. The number of rotatable bonds is 4. The first-order valence-electron chi connectivity index (χ1n) is 5.84. The molecule has 0 atom stereocenters. The summed E-state index contributed by atoms with van der Waals surface area (Å²) in [6, 6.07) is 6.90. The Morgan fingerprint density at radius 1 is 1.44 bits per heavy atom. The fraction of sp³-hybridized carbons (Fsp3) is 0.286. The van der Waals surface area contributed by atoms with Crippen LogP contribution in [-0.2, 0) is 6.42 Å². The van der Waals surface area contributed by atoms with Crippen molar-refractivity contribution in [3.63, 3.8) is 0 Å². The molecule has 0 aliphatic heterocycles. The van der Waals surface area contributed by atoms with Gasteiger partial charge in [-0.1, -0.05) is 26.0 Å². The highest BCUT2D eigenvalue weighted by Crippen LogP contribution is 2.25. The van der Waals surface area contributed by atoms with Gasteiger partial charge in [0.05, 0.1) is 11.3 Å². The lowest BCUT2D eigenvalue weighted by atomic mass is 10.1.